The summed E-state index contributed by atoms with van der Waals surface area (Å²) in [5.41, 5.74) is -1.98. The molecule has 0 N–H and O–H groups in total. The van der Waals surface area contributed by atoms with Gasteiger partial charge >= 0.3 is 6.18 Å². The zero-order valence-corrected chi connectivity index (χ0v) is 9.88. The molecule has 0 aliphatic carbocycles. The predicted molar refractivity (Wildman–Crippen MR) is 54.2 cm³/mol. The van der Waals surface area contributed by atoms with Crippen LogP contribution in [-0.4, -0.2) is 11.7 Å². The van der Waals surface area contributed by atoms with Crippen molar-refractivity contribution in [3.05, 3.63) is 33.5 Å². The number of rotatable bonds is 2. The molecule has 0 amide bonds. The van der Waals surface area contributed by atoms with Crippen LogP contribution in [0.5, 0.6) is 0 Å². The van der Waals surface area contributed by atoms with Crippen molar-refractivity contribution in [2.24, 2.45) is 0 Å². The van der Waals surface area contributed by atoms with Crippen molar-refractivity contribution < 1.29 is 22.4 Å². The van der Waals surface area contributed by atoms with Gasteiger partial charge in [0.1, 0.15) is 5.82 Å². The molecule has 0 saturated carbocycles. The van der Waals surface area contributed by atoms with Gasteiger partial charge in [0, 0.05) is 10.0 Å². The second-order valence-electron chi connectivity index (χ2n) is 2.86. The van der Waals surface area contributed by atoms with Gasteiger partial charge in [-0.3, -0.25) is 4.79 Å². The summed E-state index contributed by atoms with van der Waals surface area (Å²) in [5, 5.41) is 0. The lowest BCUT2D eigenvalue weighted by molar-refractivity contribution is -0.138. The van der Waals surface area contributed by atoms with E-state index in [0.717, 1.165) is 0 Å². The third-order valence-corrected chi connectivity index (χ3v) is 2.63. The highest BCUT2D eigenvalue weighted by Crippen LogP contribution is 2.38. The minimum atomic E-state index is -4.75. The molecule has 1 nitrogen and oxygen atoms in total. The first-order chi connectivity index (χ1) is 7.27. The van der Waals surface area contributed by atoms with Crippen molar-refractivity contribution in [3.63, 3.8) is 0 Å². The number of hydrogen-bond donors (Lipinski definition) is 0. The minimum absolute atomic E-state index is 0.520. The number of halogens is 6. The number of hydrogen-bond acceptors (Lipinski definition) is 1. The molecule has 0 fully saturated rings. The Morgan fingerprint density at radius 3 is 2.38 bits per heavy atom. The van der Waals surface area contributed by atoms with E-state index in [1.807, 2.05) is 0 Å². The fourth-order valence-corrected chi connectivity index (χ4v) is 1.95. The van der Waals surface area contributed by atoms with Crippen LogP contribution in [0.1, 0.15) is 15.9 Å². The number of Topliss-reactive ketones (excluding diaryl/α,β-unsaturated/α-hetero) is 1. The molecule has 16 heavy (non-hydrogen) atoms. The van der Waals surface area contributed by atoms with Crippen molar-refractivity contribution in [3.8, 4) is 0 Å². The lowest BCUT2D eigenvalue weighted by Crippen LogP contribution is -2.15. The molecule has 0 spiro atoms. The zero-order chi connectivity index (χ0) is 12.5. The van der Waals surface area contributed by atoms with Crippen LogP contribution in [0.3, 0.4) is 0 Å². The van der Waals surface area contributed by atoms with Gasteiger partial charge in [0.15, 0.2) is 5.78 Å². The second kappa shape index (κ2) is 4.71. The summed E-state index contributed by atoms with van der Waals surface area (Å²) in [6, 6.07) is 1.17. The van der Waals surface area contributed by atoms with E-state index < -0.39 is 39.3 Å². The number of carbonyl (C=O) groups excluding carboxylic acids is 1. The van der Waals surface area contributed by atoms with Gasteiger partial charge in [-0.15, -0.1) is 11.6 Å². The van der Waals surface area contributed by atoms with Crippen LogP contribution in [0, 0.1) is 5.82 Å². The Morgan fingerprint density at radius 1 is 1.38 bits per heavy atom. The quantitative estimate of drug-likeness (QED) is 0.457. The van der Waals surface area contributed by atoms with Gasteiger partial charge < -0.3 is 0 Å². The van der Waals surface area contributed by atoms with Crippen LogP contribution in [0.2, 0.25) is 0 Å². The lowest BCUT2D eigenvalue weighted by Gasteiger charge is -2.13. The minimum Gasteiger partial charge on any atom is -0.293 e. The largest absolute Gasteiger partial charge is 0.418 e. The van der Waals surface area contributed by atoms with E-state index in [2.05, 4.69) is 15.9 Å². The van der Waals surface area contributed by atoms with E-state index in [9.17, 15) is 22.4 Å². The maximum atomic E-state index is 12.9. The molecular weight excluding hydrogens is 315 g/mol. The van der Waals surface area contributed by atoms with Crippen molar-refractivity contribution in [2.45, 2.75) is 6.18 Å². The topological polar surface area (TPSA) is 17.1 Å². The van der Waals surface area contributed by atoms with E-state index in [1.54, 1.807) is 0 Å². The van der Waals surface area contributed by atoms with Gasteiger partial charge in [-0.25, -0.2) is 4.39 Å². The molecule has 0 radical (unpaired) electrons. The van der Waals surface area contributed by atoms with Crippen LogP contribution < -0.4 is 0 Å². The summed E-state index contributed by atoms with van der Waals surface area (Å²) in [4.78, 5) is 11.2. The predicted octanol–water partition coefficient (Wildman–Crippen LogP) is 4.03. The summed E-state index contributed by atoms with van der Waals surface area (Å²) >= 11 is 7.73. The third kappa shape index (κ3) is 2.74. The Balaban J connectivity index is 3.51. The second-order valence-corrected chi connectivity index (χ2v) is 3.99. The van der Waals surface area contributed by atoms with E-state index in [0.29, 0.717) is 12.1 Å². The number of carbonyl (C=O) groups is 1. The molecule has 0 aliphatic rings. The highest BCUT2D eigenvalue weighted by atomic mass is 79.9. The molecular formula is C9H4BrClF4O. The normalized spacial score (nSPS) is 11.6. The van der Waals surface area contributed by atoms with Crippen LogP contribution in [-0.2, 0) is 6.18 Å². The Bertz CT molecular complexity index is 430. The highest BCUT2D eigenvalue weighted by Gasteiger charge is 2.37. The van der Waals surface area contributed by atoms with Gasteiger partial charge in [0.05, 0.1) is 11.4 Å². The van der Waals surface area contributed by atoms with E-state index in [1.165, 1.54) is 0 Å². The molecule has 0 aromatic heterocycles. The van der Waals surface area contributed by atoms with Crippen molar-refractivity contribution in [2.75, 3.05) is 5.88 Å². The third-order valence-electron chi connectivity index (χ3n) is 1.76. The Hall–Kier alpha value is -0.620. The van der Waals surface area contributed by atoms with E-state index in [-0.39, 0.29) is 0 Å². The molecule has 88 valence electrons. The molecule has 0 saturated heterocycles. The zero-order valence-electron chi connectivity index (χ0n) is 7.54. The molecule has 7 heteroatoms. The SMILES string of the molecule is O=C(CCl)c1cc(F)cc(Br)c1C(F)(F)F. The standard InChI is InChI=1S/C9H4BrClF4O/c10-6-2-4(12)1-5(7(16)3-11)8(6)9(13,14)15/h1-2H,3H2. The molecule has 1 rings (SSSR count). The van der Waals surface area contributed by atoms with Gasteiger partial charge in [0.25, 0.3) is 0 Å². The Labute approximate surface area is 102 Å². The molecule has 0 aliphatic heterocycles. The summed E-state index contributed by atoms with van der Waals surface area (Å²) in [6.07, 6.45) is -4.75. The average Bonchev–Trinajstić information content (AvgIpc) is 2.12. The molecule has 1 aromatic carbocycles. The molecule has 0 unspecified atom stereocenters. The van der Waals surface area contributed by atoms with Crippen LogP contribution in [0.25, 0.3) is 0 Å². The van der Waals surface area contributed by atoms with Gasteiger partial charge in [0.2, 0.25) is 0 Å². The van der Waals surface area contributed by atoms with E-state index >= 15 is 0 Å². The first-order valence-electron chi connectivity index (χ1n) is 3.92. The lowest BCUT2D eigenvalue weighted by atomic mass is 10.0. The first-order valence-corrected chi connectivity index (χ1v) is 5.25. The summed E-state index contributed by atoms with van der Waals surface area (Å²) in [6.45, 7) is 0. The number of alkyl halides is 4. The Morgan fingerprint density at radius 2 is 1.94 bits per heavy atom. The molecule has 0 bridgehead atoms. The summed E-state index contributed by atoms with van der Waals surface area (Å²) in [7, 11) is 0. The molecule has 1 aromatic rings. The first kappa shape index (κ1) is 13.4. The van der Waals surface area contributed by atoms with E-state index in [4.69, 9.17) is 11.6 Å². The maximum absolute atomic E-state index is 12.9. The fraction of sp³-hybridized carbons (Fsp3) is 0.222. The van der Waals surface area contributed by atoms with Crippen LogP contribution in [0.4, 0.5) is 17.6 Å². The van der Waals surface area contributed by atoms with Crippen LogP contribution in [0.15, 0.2) is 16.6 Å². The van der Waals surface area contributed by atoms with Gasteiger partial charge in [-0.1, -0.05) is 15.9 Å². The van der Waals surface area contributed by atoms with Gasteiger partial charge in [-0.05, 0) is 12.1 Å². The summed E-state index contributed by atoms with van der Waals surface area (Å²) in [5.74, 6) is -2.55. The maximum Gasteiger partial charge on any atom is 0.418 e. The van der Waals surface area contributed by atoms with Gasteiger partial charge in [-0.2, -0.15) is 13.2 Å². The van der Waals surface area contributed by atoms with Crippen molar-refractivity contribution >= 4 is 33.3 Å². The number of benzene rings is 1. The van der Waals surface area contributed by atoms with Crippen molar-refractivity contribution in [1.82, 2.24) is 0 Å². The highest BCUT2D eigenvalue weighted by molar-refractivity contribution is 9.10. The molecule has 0 heterocycles. The van der Waals surface area contributed by atoms with Crippen molar-refractivity contribution in [1.29, 1.82) is 0 Å². The fourth-order valence-electron chi connectivity index (χ4n) is 1.15. The monoisotopic (exact) mass is 318 g/mol. The number of ketones is 1. The summed E-state index contributed by atoms with van der Waals surface area (Å²) < 4.78 is 50.1. The Kier molecular flexibility index (Phi) is 3.96. The smallest absolute Gasteiger partial charge is 0.293 e. The average molecular weight is 319 g/mol. The van der Waals surface area contributed by atoms with Crippen LogP contribution >= 0.6 is 27.5 Å². The molecule has 0 atom stereocenters.